The number of non-ortho nitro benzene ring substituents is 1. The predicted molar refractivity (Wildman–Crippen MR) is 144 cm³/mol. The minimum Gasteiger partial charge on any atom is -0.493 e. The minimum absolute atomic E-state index is 0.0841. The number of nitrogens with zero attached hydrogens (tertiary/aromatic N) is 2. The van der Waals surface area contributed by atoms with Gasteiger partial charge in [-0.1, -0.05) is 29.8 Å². The van der Waals surface area contributed by atoms with Crippen LogP contribution in [-0.2, 0) is 4.79 Å². The van der Waals surface area contributed by atoms with E-state index in [1.807, 2.05) is 24.3 Å². The summed E-state index contributed by atoms with van der Waals surface area (Å²) >= 11 is 7.62. The molecule has 12 heteroatoms. The van der Waals surface area contributed by atoms with E-state index in [0.29, 0.717) is 16.3 Å². The van der Waals surface area contributed by atoms with E-state index in [9.17, 15) is 19.7 Å². The number of rotatable bonds is 9. The van der Waals surface area contributed by atoms with Crippen LogP contribution in [0.25, 0.3) is 10.1 Å². The van der Waals surface area contributed by atoms with Crippen LogP contribution in [0.2, 0.25) is 5.02 Å². The van der Waals surface area contributed by atoms with Gasteiger partial charge in [-0.25, -0.2) is 10.2 Å². The van der Waals surface area contributed by atoms with Gasteiger partial charge < -0.3 is 14.2 Å². The van der Waals surface area contributed by atoms with Crippen LogP contribution in [0.1, 0.15) is 22.2 Å². The number of hydrazone groups is 1. The molecule has 1 amide bonds. The lowest BCUT2D eigenvalue weighted by molar-refractivity contribution is -0.384. The summed E-state index contributed by atoms with van der Waals surface area (Å²) in [5, 5.41) is 15.8. The Morgan fingerprint density at radius 1 is 1.11 bits per heavy atom. The van der Waals surface area contributed by atoms with Crippen LogP contribution in [0.4, 0.5) is 5.69 Å². The molecule has 0 fully saturated rings. The van der Waals surface area contributed by atoms with Gasteiger partial charge in [0.25, 0.3) is 11.6 Å². The van der Waals surface area contributed by atoms with E-state index in [1.165, 1.54) is 55.9 Å². The highest BCUT2D eigenvalue weighted by atomic mass is 35.5. The van der Waals surface area contributed by atoms with Gasteiger partial charge in [-0.05, 0) is 48.9 Å². The van der Waals surface area contributed by atoms with Crippen LogP contribution in [-0.4, -0.2) is 36.2 Å². The van der Waals surface area contributed by atoms with Crippen molar-refractivity contribution in [2.75, 3.05) is 7.11 Å². The average Bonchev–Trinajstić information content (AvgIpc) is 3.26. The third-order valence-electron chi connectivity index (χ3n) is 5.23. The Balaban J connectivity index is 1.37. The number of hydrogen-bond acceptors (Lipinski definition) is 9. The van der Waals surface area contributed by atoms with Crippen LogP contribution in [0.3, 0.4) is 0 Å². The topological polar surface area (TPSA) is 129 Å². The average molecular weight is 554 g/mol. The monoisotopic (exact) mass is 553 g/mol. The highest BCUT2D eigenvalue weighted by molar-refractivity contribution is 7.21. The maximum atomic E-state index is 12.8. The lowest BCUT2D eigenvalue weighted by Crippen LogP contribution is -2.33. The van der Waals surface area contributed by atoms with E-state index in [0.717, 1.165) is 10.1 Å². The first-order valence-corrected chi connectivity index (χ1v) is 12.3. The molecule has 0 aliphatic carbocycles. The van der Waals surface area contributed by atoms with E-state index in [1.54, 1.807) is 18.2 Å². The Morgan fingerprint density at radius 3 is 2.53 bits per heavy atom. The number of halogens is 1. The Labute approximate surface area is 225 Å². The van der Waals surface area contributed by atoms with Crippen molar-refractivity contribution in [3.8, 4) is 17.2 Å². The molecule has 0 bridgehead atoms. The van der Waals surface area contributed by atoms with E-state index >= 15 is 0 Å². The van der Waals surface area contributed by atoms with Crippen LogP contribution in [0, 0.1) is 10.1 Å². The normalized spacial score (nSPS) is 11.8. The summed E-state index contributed by atoms with van der Waals surface area (Å²) < 4.78 is 17.2. The summed E-state index contributed by atoms with van der Waals surface area (Å²) in [7, 11) is 1.43. The summed E-state index contributed by atoms with van der Waals surface area (Å²) in [5.41, 5.74) is 2.84. The second-order valence-electron chi connectivity index (χ2n) is 7.79. The molecule has 10 nitrogen and oxygen atoms in total. The van der Waals surface area contributed by atoms with Crippen molar-refractivity contribution in [3.05, 3.63) is 92.3 Å². The quantitative estimate of drug-likeness (QED) is 0.0937. The van der Waals surface area contributed by atoms with Gasteiger partial charge in [0.05, 0.1) is 23.3 Å². The zero-order chi connectivity index (χ0) is 27.2. The molecule has 194 valence electrons. The van der Waals surface area contributed by atoms with Gasteiger partial charge in [0.2, 0.25) is 0 Å². The van der Waals surface area contributed by atoms with Crippen molar-refractivity contribution in [1.29, 1.82) is 0 Å². The Hall–Kier alpha value is -4.48. The van der Waals surface area contributed by atoms with Gasteiger partial charge in [-0.15, -0.1) is 11.3 Å². The molecule has 1 atom stereocenters. The molecular formula is C26H20ClN3O7S. The first-order chi connectivity index (χ1) is 18.3. The lowest BCUT2D eigenvalue weighted by atomic mass is 10.2. The fourth-order valence-corrected chi connectivity index (χ4v) is 4.69. The molecule has 0 unspecified atom stereocenters. The van der Waals surface area contributed by atoms with Crippen molar-refractivity contribution < 1.29 is 28.7 Å². The number of hydrogen-bond donors (Lipinski definition) is 1. The Bertz CT molecular complexity index is 1540. The number of thiophene rings is 1. The number of carbonyl (C=O) groups is 2. The van der Waals surface area contributed by atoms with Crippen LogP contribution < -0.4 is 19.6 Å². The molecular weight excluding hydrogens is 534 g/mol. The smallest absolute Gasteiger partial charge is 0.355 e. The third kappa shape index (κ3) is 6.07. The van der Waals surface area contributed by atoms with Crippen LogP contribution in [0.15, 0.2) is 71.8 Å². The number of nitro groups is 1. The number of ether oxygens (including phenoxy) is 3. The van der Waals surface area contributed by atoms with Gasteiger partial charge in [-0.3, -0.25) is 14.9 Å². The number of nitro benzene ring substituents is 1. The van der Waals surface area contributed by atoms with Crippen molar-refractivity contribution in [2.45, 2.75) is 13.0 Å². The number of benzene rings is 3. The molecule has 1 heterocycles. The van der Waals surface area contributed by atoms with E-state index < -0.39 is 22.9 Å². The van der Waals surface area contributed by atoms with E-state index in [4.69, 9.17) is 25.8 Å². The molecule has 1 aromatic heterocycles. The molecule has 38 heavy (non-hydrogen) atoms. The first-order valence-electron chi connectivity index (χ1n) is 11.1. The van der Waals surface area contributed by atoms with Gasteiger partial charge in [0, 0.05) is 22.2 Å². The van der Waals surface area contributed by atoms with Crippen LogP contribution >= 0.6 is 22.9 Å². The van der Waals surface area contributed by atoms with E-state index in [2.05, 4.69) is 10.5 Å². The zero-order valence-electron chi connectivity index (χ0n) is 20.0. The molecule has 1 N–H and O–H groups in total. The summed E-state index contributed by atoms with van der Waals surface area (Å²) in [6.45, 7) is 1.52. The maximum absolute atomic E-state index is 12.8. The molecule has 4 rings (SSSR count). The maximum Gasteiger partial charge on any atom is 0.355 e. The van der Waals surface area contributed by atoms with Crippen molar-refractivity contribution in [1.82, 2.24) is 5.43 Å². The highest BCUT2D eigenvalue weighted by Gasteiger charge is 2.20. The number of esters is 1. The first kappa shape index (κ1) is 26.6. The molecule has 3 aromatic carbocycles. The molecule has 0 radical (unpaired) electrons. The third-order valence-corrected chi connectivity index (χ3v) is 6.88. The summed E-state index contributed by atoms with van der Waals surface area (Å²) in [6, 6.07) is 17.5. The van der Waals surface area contributed by atoms with Crippen molar-refractivity contribution in [2.24, 2.45) is 5.10 Å². The van der Waals surface area contributed by atoms with Crippen molar-refractivity contribution >= 4 is 56.8 Å². The van der Waals surface area contributed by atoms with Gasteiger partial charge in [-0.2, -0.15) is 5.10 Å². The summed E-state index contributed by atoms with van der Waals surface area (Å²) in [6.07, 6.45) is 0.471. The molecule has 0 aliphatic heterocycles. The number of methoxy groups -OCH3 is 1. The van der Waals surface area contributed by atoms with Crippen LogP contribution in [0.5, 0.6) is 17.2 Å². The highest BCUT2D eigenvalue weighted by Crippen LogP contribution is 2.37. The minimum atomic E-state index is -0.911. The SMILES string of the molecule is COc1cc(/C=N\NC(=O)[C@H](C)Oc2ccc([N+](=O)[O-])cc2)ccc1OC(=O)c1sc2ccccc2c1Cl. The molecule has 0 spiro atoms. The number of amides is 1. The fraction of sp³-hybridized carbons (Fsp3) is 0.115. The van der Waals surface area contributed by atoms with Crippen molar-refractivity contribution in [3.63, 3.8) is 0 Å². The predicted octanol–water partition coefficient (Wildman–Crippen LogP) is 5.61. The molecule has 0 aliphatic rings. The molecule has 0 saturated heterocycles. The van der Waals surface area contributed by atoms with Gasteiger partial charge in [0.1, 0.15) is 10.6 Å². The molecule has 0 saturated carbocycles. The van der Waals surface area contributed by atoms with Gasteiger partial charge >= 0.3 is 5.97 Å². The second kappa shape index (κ2) is 11.7. The number of nitrogens with one attached hydrogen (secondary N) is 1. The Morgan fingerprint density at radius 2 is 1.84 bits per heavy atom. The summed E-state index contributed by atoms with van der Waals surface area (Å²) in [4.78, 5) is 35.6. The number of fused-ring (bicyclic) bond motifs is 1. The molecule has 4 aromatic rings. The largest absolute Gasteiger partial charge is 0.493 e. The van der Waals surface area contributed by atoms with E-state index in [-0.39, 0.29) is 22.1 Å². The summed E-state index contributed by atoms with van der Waals surface area (Å²) in [5.74, 6) is -0.366. The standard InChI is InChI=1S/C26H20ClN3O7S/c1-15(36-18-10-8-17(9-11-18)30(33)34)25(31)29-28-14-16-7-12-20(21(13-16)35-2)37-26(32)24-23(27)19-5-3-4-6-22(19)38-24/h3-15H,1-2H3,(H,29,31)/b28-14-/t15-/m0/s1. The Kier molecular flexibility index (Phi) is 8.19. The fourth-order valence-electron chi connectivity index (χ4n) is 3.31. The zero-order valence-corrected chi connectivity index (χ0v) is 21.6. The van der Waals surface area contributed by atoms with Gasteiger partial charge in [0.15, 0.2) is 17.6 Å². The lowest BCUT2D eigenvalue weighted by Gasteiger charge is -2.12. The second-order valence-corrected chi connectivity index (χ2v) is 9.22. The number of carbonyl (C=O) groups excluding carboxylic acids is 2.